The van der Waals surface area contributed by atoms with E-state index in [2.05, 4.69) is 19.5 Å². The zero-order valence-electron chi connectivity index (χ0n) is 12.2. The Kier molecular flexibility index (Phi) is 3.27. The van der Waals surface area contributed by atoms with Crippen molar-refractivity contribution in [3.8, 4) is 11.3 Å². The van der Waals surface area contributed by atoms with Gasteiger partial charge >= 0.3 is 0 Å². The predicted molar refractivity (Wildman–Crippen MR) is 81.6 cm³/mol. The Hall–Kier alpha value is -2.41. The molecule has 0 aromatic carbocycles. The first-order chi connectivity index (χ1) is 10.8. The first kappa shape index (κ1) is 13.3. The minimum absolute atomic E-state index is 0.624. The van der Waals surface area contributed by atoms with E-state index >= 15 is 0 Å². The second kappa shape index (κ2) is 5.42. The summed E-state index contributed by atoms with van der Waals surface area (Å²) in [6.45, 7) is 1.70. The molecule has 4 heterocycles. The number of hydrogen-bond acceptors (Lipinski definition) is 5. The fraction of sp³-hybridized carbons (Fsp3) is 0.400. The molecule has 1 aliphatic heterocycles. The Morgan fingerprint density at radius 1 is 1.23 bits per heavy atom. The zero-order valence-corrected chi connectivity index (χ0v) is 12.2. The quantitative estimate of drug-likeness (QED) is 0.736. The minimum Gasteiger partial charge on any atom is -0.381 e. The van der Waals surface area contributed by atoms with Crippen LogP contribution in [0.2, 0.25) is 0 Å². The molecule has 0 bridgehead atoms. The molecule has 114 valence electrons. The van der Waals surface area contributed by atoms with Gasteiger partial charge in [-0.1, -0.05) is 0 Å². The highest BCUT2D eigenvalue weighted by atomic mass is 16.5. The van der Waals surface area contributed by atoms with E-state index in [0.717, 1.165) is 55.1 Å². The Bertz CT molecular complexity index is 786. The van der Waals surface area contributed by atoms with Gasteiger partial charge in [-0.25, -0.2) is 4.98 Å². The van der Waals surface area contributed by atoms with Crippen molar-refractivity contribution in [2.24, 2.45) is 5.92 Å². The van der Waals surface area contributed by atoms with E-state index in [4.69, 9.17) is 10.6 Å². The molecule has 0 amide bonds. The number of fused-ring (bicyclic) bond motifs is 1. The van der Waals surface area contributed by atoms with Gasteiger partial charge in [-0.05, 0) is 25.2 Å². The highest BCUT2D eigenvalue weighted by Crippen LogP contribution is 2.24. The molecular formula is C15H18N6O. The third-order valence-electron chi connectivity index (χ3n) is 4.22. The van der Waals surface area contributed by atoms with Crippen LogP contribution in [0.3, 0.4) is 0 Å². The van der Waals surface area contributed by atoms with Gasteiger partial charge < -0.3 is 10.6 Å². The van der Waals surface area contributed by atoms with Crippen molar-refractivity contribution in [1.29, 1.82) is 0 Å². The average Bonchev–Trinajstić information content (AvgIpc) is 3.15. The first-order valence-corrected chi connectivity index (χ1v) is 7.50. The van der Waals surface area contributed by atoms with Crippen LogP contribution in [0.5, 0.6) is 0 Å². The Labute approximate surface area is 127 Å². The zero-order chi connectivity index (χ0) is 14.9. The molecule has 7 heteroatoms. The van der Waals surface area contributed by atoms with Crippen LogP contribution in [0.1, 0.15) is 18.5 Å². The maximum absolute atomic E-state index is 5.63. The van der Waals surface area contributed by atoms with E-state index in [0.29, 0.717) is 5.92 Å². The largest absolute Gasteiger partial charge is 0.381 e. The number of rotatable bonds is 3. The van der Waals surface area contributed by atoms with Gasteiger partial charge in [0.05, 0.1) is 30.0 Å². The van der Waals surface area contributed by atoms with E-state index < -0.39 is 0 Å². The summed E-state index contributed by atoms with van der Waals surface area (Å²) in [4.78, 5) is 10.4. The second-order valence-corrected chi connectivity index (χ2v) is 5.68. The van der Waals surface area contributed by atoms with E-state index in [-0.39, 0.29) is 0 Å². The second-order valence-electron chi connectivity index (χ2n) is 5.68. The molecule has 1 fully saturated rings. The van der Waals surface area contributed by atoms with Crippen LogP contribution in [0.25, 0.3) is 16.9 Å². The molecule has 0 aliphatic carbocycles. The summed E-state index contributed by atoms with van der Waals surface area (Å²) in [6, 6.07) is 0. The Morgan fingerprint density at radius 3 is 2.86 bits per heavy atom. The lowest BCUT2D eigenvalue weighted by atomic mass is 9.95. The number of nitrogens with two attached hydrogens (primary N) is 1. The lowest BCUT2D eigenvalue weighted by molar-refractivity contribution is 0.0663. The minimum atomic E-state index is 0.624. The molecule has 0 atom stereocenters. The maximum Gasteiger partial charge on any atom is 0.159 e. The molecule has 3 aromatic rings. The number of aromatic nitrogens is 5. The normalized spacial score (nSPS) is 16.4. The van der Waals surface area contributed by atoms with Crippen LogP contribution in [0.4, 0.5) is 0 Å². The van der Waals surface area contributed by atoms with Crippen LogP contribution in [-0.2, 0) is 11.2 Å². The molecule has 0 radical (unpaired) electrons. The number of ether oxygens (including phenoxy) is 1. The van der Waals surface area contributed by atoms with Gasteiger partial charge in [-0.15, -0.1) is 0 Å². The van der Waals surface area contributed by atoms with E-state index in [1.807, 2.05) is 18.6 Å². The van der Waals surface area contributed by atoms with Crippen LogP contribution in [-0.4, -0.2) is 37.5 Å². The summed E-state index contributed by atoms with van der Waals surface area (Å²) < 4.78 is 7.48. The number of hydrogen-bond donors (Lipinski definition) is 1. The molecular weight excluding hydrogens is 280 g/mol. The molecule has 0 spiro atoms. The first-order valence-electron chi connectivity index (χ1n) is 7.50. The fourth-order valence-electron chi connectivity index (χ4n) is 3.02. The van der Waals surface area contributed by atoms with Crippen molar-refractivity contribution in [1.82, 2.24) is 24.3 Å². The molecule has 1 saturated heterocycles. The van der Waals surface area contributed by atoms with Gasteiger partial charge in [0.25, 0.3) is 0 Å². The molecule has 4 rings (SSSR count). The number of imidazole rings is 1. The lowest BCUT2D eigenvalue weighted by Crippen LogP contribution is -2.18. The third kappa shape index (κ3) is 2.33. The molecule has 0 saturated carbocycles. The highest BCUT2D eigenvalue weighted by molar-refractivity contribution is 5.63. The van der Waals surface area contributed by atoms with Crippen LogP contribution in [0.15, 0.2) is 31.0 Å². The lowest BCUT2D eigenvalue weighted by Gasteiger charge is -2.21. The number of nitrogen functional groups attached to an aromatic ring is 1. The summed E-state index contributed by atoms with van der Waals surface area (Å²) in [5, 5.41) is 4.02. The van der Waals surface area contributed by atoms with Gasteiger partial charge in [-0.3, -0.25) is 9.38 Å². The fourth-order valence-corrected chi connectivity index (χ4v) is 3.02. The highest BCUT2D eigenvalue weighted by Gasteiger charge is 2.18. The van der Waals surface area contributed by atoms with Gasteiger partial charge in [0, 0.05) is 31.2 Å². The monoisotopic (exact) mass is 298 g/mol. The van der Waals surface area contributed by atoms with E-state index in [1.165, 1.54) is 4.79 Å². The van der Waals surface area contributed by atoms with Crippen molar-refractivity contribution in [3.63, 3.8) is 0 Å². The maximum atomic E-state index is 5.63. The topological polar surface area (TPSA) is 83.3 Å². The molecule has 2 N–H and O–H groups in total. The van der Waals surface area contributed by atoms with Crippen molar-refractivity contribution >= 4 is 5.65 Å². The Balaban J connectivity index is 1.70. The average molecular weight is 298 g/mol. The summed E-state index contributed by atoms with van der Waals surface area (Å²) >= 11 is 0. The smallest absolute Gasteiger partial charge is 0.159 e. The van der Waals surface area contributed by atoms with Gasteiger partial charge in [-0.2, -0.15) is 9.89 Å². The van der Waals surface area contributed by atoms with Gasteiger partial charge in [0.2, 0.25) is 0 Å². The molecule has 0 unspecified atom stereocenters. The summed E-state index contributed by atoms with van der Waals surface area (Å²) in [7, 11) is 0. The van der Waals surface area contributed by atoms with Crippen molar-refractivity contribution in [2.45, 2.75) is 19.3 Å². The van der Waals surface area contributed by atoms with Crippen molar-refractivity contribution in [2.75, 3.05) is 19.1 Å². The predicted octanol–water partition coefficient (Wildman–Crippen LogP) is 1.28. The van der Waals surface area contributed by atoms with Gasteiger partial charge in [0.1, 0.15) is 0 Å². The molecule has 1 aliphatic rings. The Morgan fingerprint density at radius 2 is 2.09 bits per heavy atom. The van der Waals surface area contributed by atoms with Crippen LogP contribution >= 0.6 is 0 Å². The third-order valence-corrected chi connectivity index (χ3v) is 4.22. The van der Waals surface area contributed by atoms with Crippen molar-refractivity contribution in [3.05, 3.63) is 36.7 Å². The van der Waals surface area contributed by atoms with Gasteiger partial charge in [0.15, 0.2) is 5.65 Å². The summed E-state index contributed by atoms with van der Waals surface area (Å²) in [6.07, 6.45) is 12.3. The van der Waals surface area contributed by atoms with Crippen LogP contribution < -0.4 is 5.84 Å². The summed E-state index contributed by atoms with van der Waals surface area (Å²) in [5.74, 6) is 6.26. The SMILES string of the molecule is Nn1cc(-c2cnc3c(CC4CCOCC4)nccn23)cn1. The van der Waals surface area contributed by atoms with Crippen LogP contribution in [0, 0.1) is 5.92 Å². The molecule has 7 nitrogen and oxygen atoms in total. The van der Waals surface area contributed by atoms with E-state index in [1.54, 1.807) is 12.4 Å². The van der Waals surface area contributed by atoms with E-state index in [9.17, 15) is 0 Å². The summed E-state index contributed by atoms with van der Waals surface area (Å²) in [5.41, 5.74) is 3.87. The standard InChI is InChI=1S/C15H18N6O/c16-21-10-12(8-19-21)14-9-18-15-13(17-3-4-20(14)15)7-11-1-5-22-6-2-11/h3-4,8-11H,1-2,5-7,16H2. The number of nitrogens with zero attached hydrogens (tertiary/aromatic N) is 5. The molecule has 3 aromatic heterocycles. The van der Waals surface area contributed by atoms with Crippen molar-refractivity contribution < 1.29 is 4.74 Å². The molecule has 22 heavy (non-hydrogen) atoms.